The molecule has 2 N–H and O–H groups in total. The molecule has 0 saturated carbocycles. The van der Waals surface area contributed by atoms with Gasteiger partial charge in [0.25, 0.3) is 5.91 Å². The molecule has 2 heterocycles. The van der Waals surface area contributed by atoms with Crippen molar-refractivity contribution in [2.45, 2.75) is 19.4 Å². The monoisotopic (exact) mass is 287 g/mol. The van der Waals surface area contributed by atoms with Crippen molar-refractivity contribution in [2.75, 3.05) is 19.6 Å². The summed E-state index contributed by atoms with van der Waals surface area (Å²) in [6.07, 6.45) is 2.27. The van der Waals surface area contributed by atoms with Gasteiger partial charge < -0.3 is 15.5 Å². The normalized spacial score (nSPS) is 17.1. The molecule has 7 nitrogen and oxygen atoms in total. The summed E-state index contributed by atoms with van der Waals surface area (Å²) in [6, 6.07) is 4.91. The van der Waals surface area contributed by atoms with Gasteiger partial charge in [0, 0.05) is 31.0 Å². The Morgan fingerprint density at radius 1 is 1.52 bits per heavy atom. The van der Waals surface area contributed by atoms with E-state index in [4.69, 9.17) is 5.26 Å². The van der Waals surface area contributed by atoms with Gasteiger partial charge in [-0.05, 0) is 25.5 Å². The second kappa shape index (κ2) is 6.70. The lowest BCUT2D eigenvalue weighted by molar-refractivity contribution is 0.0789. The number of likely N-dealkylation sites (tertiary alicyclic amines) is 1. The minimum Gasteiger partial charge on any atom is -0.336 e. The van der Waals surface area contributed by atoms with Gasteiger partial charge >= 0.3 is 6.03 Å². The topological polar surface area (TPSA) is 98.1 Å². The predicted molar refractivity (Wildman–Crippen MR) is 75.4 cm³/mol. The number of amides is 3. The third-order valence-electron chi connectivity index (χ3n) is 3.30. The van der Waals surface area contributed by atoms with Crippen LogP contribution >= 0.6 is 0 Å². The van der Waals surface area contributed by atoms with Crippen molar-refractivity contribution in [2.24, 2.45) is 0 Å². The average Bonchev–Trinajstić information content (AvgIpc) is 2.93. The second-order valence-electron chi connectivity index (χ2n) is 4.91. The maximum atomic E-state index is 12.3. The molecule has 21 heavy (non-hydrogen) atoms. The van der Waals surface area contributed by atoms with E-state index in [1.807, 2.05) is 13.0 Å². The first kappa shape index (κ1) is 14.8. The molecule has 1 aromatic rings. The summed E-state index contributed by atoms with van der Waals surface area (Å²) >= 11 is 0. The van der Waals surface area contributed by atoms with E-state index in [9.17, 15) is 9.59 Å². The Balaban J connectivity index is 1.87. The number of aromatic nitrogens is 1. The lowest BCUT2D eigenvalue weighted by atomic mass is 10.2. The second-order valence-corrected chi connectivity index (χ2v) is 4.91. The van der Waals surface area contributed by atoms with Crippen molar-refractivity contribution in [1.29, 1.82) is 5.26 Å². The molecular formula is C14H17N5O2. The number of hydrogen-bond donors (Lipinski definition) is 2. The molecule has 0 aromatic carbocycles. The number of urea groups is 1. The highest BCUT2D eigenvalue weighted by atomic mass is 16.2. The molecule has 0 radical (unpaired) electrons. The third-order valence-corrected chi connectivity index (χ3v) is 3.30. The summed E-state index contributed by atoms with van der Waals surface area (Å²) in [5.74, 6) is -0.0794. The van der Waals surface area contributed by atoms with Gasteiger partial charge in [0.2, 0.25) is 0 Å². The van der Waals surface area contributed by atoms with Crippen molar-refractivity contribution in [1.82, 2.24) is 20.5 Å². The van der Waals surface area contributed by atoms with E-state index >= 15 is 0 Å². The molecule has 110 valence electrons. The van der Waals surface area contributed by atoms with Crippen LogP contribution < -0.4 is 10.6 Å². The molecule has 1 atom stereocenters. The van der Waals surface area contributed by atoms with Crippen LogP contribution in [0, 0.1) is 18.3 Å². The van der Waals surface area contributed by atoms with E-state index in [2.05, 4.69) is 15.6 Å². The molecule has 0 bridgehead atoms. The Kier molecular flexibility index (Phi) is 4.72. The Labute approximate surface area is 123 Å². The summed E-state index contributed by atoms with van der Waals surface area (Å²) < 4.78 is 0. The SMILES string of the molecule is Cc1ccc(C(=O)N2CCC(NC(=O)NCC#N)C2)cn1. The van der Waals surface area contributed by atoms with Crippen LogP contribution in [0.2, 0.25) is 0 Å². The molecule has 2 rings (SSSR count). The smallest absolute Gasteiger partial charge is 0.315 e. The average molecular weight is 287 g/mol. The highest BCUT2D eigenvalue weighted by Crippen LogP contribution is 2.13. The fourth-order valence-electron chi connectivity index (χ4n) is 2.20. The van der Waals surface area contributed by atoms with E-state index in [1.165, 1.54) is 0 Å². The molecule has 0 aliphatic carbocycles. The van der Waals surface area contributed by atoms with Crippen LogP contribution in [0.15, 0.2) is 18.3 Å². The van der Waals surface area contributed by atoms with Gasteiger partial charge in [-0.2, -0.15) is 5.26 Å². The molecule has 7 heteroatoms. The number of rotatable bonds is 3. The van der Waals surface area contributed by atoms with Crippen molar-refractivity contribution < 1.29 is 9.59 Å². The fourth-order valence-corrected chi connectivity index (χ4v) is 2.20. The number of carbonyl (C=O) groups excluding carboxylic acids is 2. The summed E-state index contributed by atoms with van der Waals surface area (Å²) in [5, 5.41) is 13.6. The standard InChI is InChI=1S/C14H17N5O2/c1-10-2-3-11(8-17-10)13(20)19-7-4-12(9-19)18-14(21)16-6-5-15/h2-3,8,12H,4,6-7,9H2,1H3,(H2,16,18,21). The van der Waals surface area contributed by atoms with Crippen LogP contribution in [0.4, 0.5) is 4.79 Å². The number of pyridine rings is 1. The number of hydrogen-bond acceptors (Lipinski definition) is 4. The van der Waals surface area contributed by atoms with Crippen molar-refractivity contribution >= 4 is 11.9 Å². The summed E-state index contributed by atoms with van der Waals surface area (Å²) in [7, 11) is 0. The zero-order valence-electron chi connectivity index (χ0n) is 11.8. The number of carbonyl (C=O) groups is 2. The van der Waals surface area contributed by atoms with Crippen molar-refractivity contribution in [3.05, 3.63) is 29.6 Å². The summed E-state index contributed by atoms with van der Waals surface area (Å²) in [5.41, 5.74) is 1.41. The molecule has 1 fully saturated rings. The van der Waals surface area contributed by atoms with E-state index in [1.54, 1.807) is 23.2 Å². The van der Waals surface area contributed by atoms with Crippen LogP contribution in [0.1, 0.15) is 22.5 Å². The first-order valence-corrected chi connectivity index (χ1v) is 6.73. The van der Waals surface area contributed by atoms with Gasteiger partial charge in [0.15, 0.2) is 0 Å². The zero-order valence-corrected chi connectivity index (χ0v) is 11.8. The minimum absolute atomic E-state index is 0.0315. The Bertz CT molecular complexity index is 564. The molecule has 1 saturated heterocycles. The zero-order chi connectivity index (χ0) is 15.2. The molecule has 3 amide bonds. The lowest BCUT2D eigenvalue weighted by Gasteiger charge is -2.17. The highest BCUT2D eigenvalue weighted by molar-refractivity contribution is 5.94. The van der Waals surface area contributed by atoms with Crippen LogP contribution in [0.3, 0.4) is 0 Å². The minimum atomic E-state index is -0.382. The number of nitrogens with zero attached hydrogens (tertiary/aromatic N) is 3. The Morgan fingerprint density at radius 2 is 2.33 bits per heavy atom. The highest BCUT2D eigenvalue weighted by Gasteiger charge is 2.27. The number of nitrogens with one attached hydrogen (secondary N) is 2. The van der Waals surface area contributed by atoms with Crippen LogP contribution in [0.5, 0.6) is 0 Å². The predicted octanol–water partition coefficient (Wildman–Crippen LogP) is 0.427. The van der Waals surface area contributed by atoms with Crippen LogP contribution in [-0.4, -0.2) is 47.5 Å². The van der Waals surface area contributed by atoms with E-state index < -0.39 is 0 Å². The first-order valence-electron chi connectivity index (χ1n) is 6.73. The van der Waals surface area contributed by atoms with Gasteiger partial charge in [-0.15, -0.1) is 0 Å². The molecule has 0 spiro atoms. The molecule has 1 aliphatic heterocycles. The third kappa shape index (κ3) is 3.92. The van der Waals surface area contributed by atoms with E-state index in [0.29, 0.717) is 25.1 Å². The summed E-state index contributed by atoms with van der Waals surface area (Å²) in [6.45, 7) is 2.89. The molecule has 1 unspecified atom stereocenters. The van der Waals surface area contributed by atoms with Crippen LogP contribution in [0.25, 0.3) is 0 Å². The van der Waals surface area contributed by atoms with Crippen LogP contribution in [-0.2, 0) is 0 Å². The van der Waals surface area contributed by atoms with Gasteiger partial charge in [-0.25, -0.2) is 4.79 Å². The molecule has 1 aliphatic rings. The van der Waals surface area contributed by atoms with Gasteiger partial charge in [0.05, 0.1) is 11.6 Å². The largest absolute Gasteiger partial charge is 0.336 e. The summed E-state index contributed by atoms with van der Waals surface area (Å²) in [4.78, 5) is 29.5. The van der Waals surface area contributed by atoms with E-state index in [0.717, 1.165) is 5.69 Å². The van der Waals surface area contributed by atoms with Gasteiger partial charge in [-0.3, -0.25) is 9.78 Å². The number of aryl methyl sites for hydroxylation is 1. The Morgan fingerprint density at radius 3 is 3.00 bits per heavy atom. The van der Waals surface area contributed by atoms with Gasteiger partial charge in [0.1, 0.15) is 6.54 Å². The lowest BCUT2D eigenvalue weighted by Crippen LogP contribution is -2.44. The quantitative estimate of drug-likeness (QED) is 0.787. The molecule has 1 aromatic heterocycles. The first-order chi connectivity index (χ1) is 10.1. The van der Waals surface area contributed by atoms with Crippen molar-refractivity contribution in [3.8, 4) is 6.07 Å². The number of nitriles is 1. The molecular weight excluding hydrogens is 270 g/mol. The maximum Gasteiger partial charge on any atom is 0.315 e. The maximum absolute atomic E-state index is 12.3. The Hall–Kier alpha value is -2.62. The van der Waals surface area contributed by atoms with Crippen molar-refractivity contribution in [3.63, 3.8) is 0 Å². The van der Waals surface area contributed by atoms with E-state index in [-0.39, 0.29) is 24.5 Å². The van der Waals surface area contributed by atoms with Gasteiger partial charge in [-0.1, -0.05) is 0 Å². The fraction of sp³-hybridized carbons (Fsp3) is 0.429.